The van der Waals surface area contributed by atoms with Crippen LogP contribution in [-0.4, -0.2) is 57.1 Å². The molecule has 0 bridgehead atoms. The van der Waals surface area contributed by atoms with Crippen LogP contribution < -0.4 is 14.8 Å². The lowest BCUT2D eigenvalue weighted by Crippen LogP contribution is -2.39. The van der Waals surface area contributed by atoms with Crippen molar-refractivity contribution in [2.75, 3.05) is 33.4 Å². The minimum absolute atomic E-state index is 0.00404. The van der Waals surface area contributed by atoms with Gasteiger partial charge in [0.2, 0.25) is 15.9 Å². The standard InChI is InChI=1S/C20H29N3O6S/c1-6-27-17-9-8-16(12-18(17)28-7-2)10-11-21-19(24)13-23(5)30(25,26)20-14(3)22-29-15(20)4/h8-9,12H,6-7,10-11,13H2,1-5H3,(H,21,24). The Morgan fingerprint density at radius 2 is 1.83 bits per heavy atom. The highest BCUT2D eigenvalue weighted by molar-refractivity contribution is 7.89. The number of nitrogens with one attached hydrogen (secondary N) is 1. The molecule has 1 aromatic carbocycles. The Hall–Kier alpha value is -2.59. The number of ether oxygens (including phenoxy) is 2. The number of aryl methyl sites for hydroxylation is 2. The molecule has 0 atom stereocenters. The molecule has 0 radical (unpaired) electrons. The molecule has 0 fully saturated rings. The van der Waals surface area contributed by atoms with Gasteiger partial charge in [-0.2, -0.15) is 4.31 Å². The second-order valence-electron chi connectivity index (χ2n) is 6.66. The summed E-state index contributed by atoms with van der Waals surface area (Å²) in [5, 5.41) is 6.41. The second kappa shape index (κ2) is 10.4. The zero-order chi connectivity index (χ0) is 22.3. The lowest BCUT2D eigenvalue weighted by atomic mass is 10.1. The molecule has 0 aliphatic heterocycles. The fourth-order valence-corrected chi connectivity index (χ4v) is 4.35. The summed E-state index contributed by atoms with van der Waals surface area (Å²) in [6.07, 6.45) is 0.568. The van der Waals surface area contributed by atoms with E-state index < -0.39 is 15.9 Å². The third-order valence-corrected chi connectivity index (χ3v) is 6.39. The molecule has 9 nitrogen and oxygen atoms in total. The summed E-state index contributed by atoms with van der Waals surface area (Å²) < 4.78 is 42.4. The van der Waals surface area contributed by atoms with Crippen LogP contribution in [0.1, 0.15) is 30.9 Å². The third-order valence-electron chi connectivity index (χ3n) is 4.35. The van der Waals surface area contributed by atoms with Crippen LogP contribution in [0.25, 0.3) is 0 Å². The van der Waals surface area contributed by atoms with E-state index in [4.69, 9.17) is 14.0 Å². The zero-order valence-electron chi connectivity index (χ0n) is 18.0. The largest absolute Gasteiger partial charge is 0.490 e. The van der Waals surface area contributed by atoms with Gasteiger partial charge in [0.05, 0.1) is 19.8 Å². The lowest BCUT2D eigenvalue weighted by molar-refractivity contribution is -0.121. The van der Waals surface area contributed by atoms with Crippen LogP contribution in [0.2, 0.25) is 0 Å². The summed E-state index contributed by atoms with van der Waals surface area (Å²) in [5.74, 6) is 1.14. The first kappa shape index (κ1) is 23.7. The molecule has 0 saturated heterocycles. The molecular weight excluding hydrogens is 410 g/mol. The fraction of sp³-hybridized carbons (Fsp3) is 0.500. The van der Waals surface area contributed by atoms with E-state index in [-0.39, 0.29) is 22.9 Å². The maximum atomic E-state index is 12.7. The number of carbonyl (C=O) groups excluding carboxylic acids is 1. The minimum Gasteiger partial charge on any atom is -0.490 e. The maximum absolute atomic E-state index is 12.7. The molecule has 1 aromatic heterocycles. The van der Waals surface area contributed by atoms with E-state index in [0.717, 1.165) is 9.87 Å². The fourth-order valence-electron chi connectivity index (χ4n) is 2.94. The van der Waals surface area contributed by atoms with E-state index in [1.54, 1.807) is 6.92 Å². The van der Waals surface area contributed by atoms with Gasteiger partial charge in [-0.15, -0.1) is 0 Å². The molecule has 1 N–H and O–H groups in total. The first-order valence-electron chi connectivity index (χ1n) is 9.75. The molecule has 30 heavy (non-hydrogen) atoms. The summed E-state index contributed by atoms with van der Waals surface area (Å²) in [5.41, 5.74) is 1.24. The quantitative estimate of drug-likeness (QED) is 0.570. The zero-order valence-corrected chi connectivity index (χ0v) is 18.8. The van der Waals surface area contributed by atoms with Gasteiger partial charge in [-0.05, 0) is 51.8 Å². The predicted octanol–water partition coefficient (Wildman–Crippen LogP) is 2.07. The van der Waals surface area contributed by atoms with E-state index in [1.807, 2.05) is 32.0 Å². The van der Waals surface area contributed by atoms with Crippen molar-refractivity contribution in [2.24, 2.45) is 0 Å². The van der Waals surface area contributed by atoms with Crippen molar-refractivity contribution in [3.05, 3.63) is 35.2 Å². The van der Waals surface area contributed by atoms with Gasteiger partial charge in [0.1, 0.15) is 10.6 Å². The van der Waals surface area contributed by atoms with Gasteiger partial charge >= 0.3 is 0 Å². The van der Waals surface area contributed by atoms with Gasteiger partial charge < -0.3 is 19.3 Å². The minimum atomic E-state index is -3.87. The SMILES string of the molecule is CCOc1ccc(CCNC(=O)CN(C)S(=O)(=O)c2c(C)noc2C)cc1OCC. The molecule has 2 aromatic rings. The van der Waals surface area contributed by atoms with Crippen molar-refractivity contribution in [2.45, 2.75) is 39.0 Å². The molecule has 0 saturated carbocycles. The number of sulfonamides is 1. The van der Waals surface area contributed by atoms with Gasteiger partial charge in [-0.1, -0.05) is 11.2 Å². The van der Waals surface area contributed by atoms with E-state index in [2.05, 4.69) is 10.5 Å². The molecular formula is C20H29N3O6S. The number of hydrogen-bond acceptors (Lipinski definition) is 7. The van der Waals surface area contributed by atoms with Crippen molar-refractivity contribution < 1.29 is 27.2 Å². The van der Waals surface area contributed by atoms with Gasteiger partial charge in [-0.3, -0.25) is 4.79 Å². The van der Waals surface area contributed by atoms with Crippen molar-refractivity contribution in [1.29, 1.82) is 0 Å². The highest BCUT2D eigenvalue weighted by Gasteiger charge is 2.29. The van der Waals surface area contributed by atoms with Gasteiger partial charge in [0.15, 0.2) is 17.3 Å². The molecule has 166 valence electrons. The Balaban J connectivity index is 1.93. The molecule has 1 heterocycles. The van der Waals surface area contributed by atoms with Crippen LogP contribution in [0.5, 0.6) is 11.5 Å². The Labute approximate surface area is 177 Å². The first-order valence-corrected chi connectivity index (χ1v) is 11.2. The molecule has 10 heteroatoms. The summed E-state index contributed by atoms with van der Waals surface area (Å²) in [7, 11) is -2.52. The number of amides is 1. The Morgan fingerprint density at radius 1 is 1.17 bits per heavy atom. The van der Waals surface area contributed by atoms with Crippen LogP contribution >= 0.6 is 0 Å². The number of hydrogen-bond donors (Lipinski definition) is 1. The molecule has 0 spiro atoms. The number of nitrogens with zero attached hydrogens (tertiary/aromatic N) is 2. The highest BCUT2D eigenvalue weighted by atomic mass is 32.2. The van der Waals surface area contributed by atoms with E-state index >= 15 is 0 Å². The highest BCUT2D eigenvalue weighted by Crippen LogP contribution is 2.28. The number of likely N-dealkylation sites (N-methyl/N-ethyl adjacent to an activating group) is 1. The van der Waals surface area contributed by atoms with Crippen molar-refractivity contribution in [3.8, 4) is 11.5 Å². The predicted molar refractivity (Wildman–Crippen MR) is 111 cm³/mol. The van der Waals surface area contributed by atoms with Gasteiger partial charge in [0, 0.05) is 13.6 Å². The first-order chi connectivity index (χ1) is 14.2. The van der Waals surface area contributed by atoms with Crippen LogP contribution in [-0.2, 0) is 21.2 Å². The molecule has 2 rings (SSSR count). The molecule has 0 aliphatic carbocycles. The Bertz CT molecular complexity index is 951. The van der Waals surface area contributed by atoms with Crippen LogP contribution in [0.3, 0.4) is 0 Å². The summed E-state index contributed by atoms with van der Waals surface area (Å²) >= 11 is 0. The average Bonchev–Trinajstić information content (AvgIpc) is 3.03. The topological polar surface area (TPSA) is 111 Å². The summed E-state index contributed by atoms with van der Waals surface area (Å²) in [4.78, 5) is 12.2. The summed E-state index contributed by atoms with van der Waals surface area (Å²) in [6.45, 7) is 7.99. The van der Waals surface area contributed by atoms with E-state index in [0.29, 0.717) is 37.7 Å². The van der Waals surface area contributed by atoms with Gasteiger partial charge in [-0.25, -0.2) is 8.42 Å². The smallest absolute Gasteiger partial charge is 0.248 e. The monoisotopic (exact) mass is 439 g/mol. The molecule has 1 amide bonds. The summed E-state index contributed by atoms with van der Waals surface area (Å²) in [6, 6.07) is 5.64. The van der Waals surface area contributed by atoms with Gasteiger partial charge in [0.25, 0.3) is 0 Å². The van der Waals surface area contributed by atoms with Crippen LogP contribution in [0.15, 0.2) is 27.6 Å². The Morgan fingerprint density at radius 3 is 2.43 bits per heavy atom. The van der Waals surface area contributed by atoms with Crippen LogP contribution in [0, 0.1) is 13.8 Å². The maximum Gasteiger partial charge on any atom is 0.248 e. The second-order valence-corrected chi connectivity index (χ2v) is 8.64. The van der Waals surface area contributed by atoms with Crippen molar-refractivity contribution in [3.63, 3.8) is 0 Å². The van der Waals surface area contributed by atoms with Crippen LogP contribution in [0.4, 0.5) is 0 Å². The number of carbonyl (C=O) groups is 1. The van der Waals surface area contributed by atoms with E-state index in [1.165, 1.54) is 14.0 Å². The third kappa shape index (κ3) is 5.73. The average molecular weight is 440 g/mol. The number of benzene rings is 1. The Kier molecular flexibility index (Phi) is 8.24. The van der Waals surface area contributed by atoms with E-state index in [9.17, 15) is 13.2 Å². The number of rotatable bonds is 11. The van der Waals surface area contributed by atoms with Crippen molar-refractivity contribution >= 4 is 15.9 Å². The number of aromatic nitrogens is 1. The van der Waals surface area contributed by atoms with Crippen molar-refractivity contribution in [1.82, 2.24) is 14.8 Å². The molecule has 0 unspecified atom stereocenters. The molecule has 0 aliphatic rings. The normalized spacial score (nSPS) is 11.5. The lowest BCUT2D eigenvalue weighted by Gasteiger charge is -2.16.